The third kappa shape index (κ3) is 2.93. The van der Waals surface area contributed by atoms with Crippen molar-refractivity contribution in [1.29, 1.82) is 0 Å². The van der Waals surface area contributed by atoms with Crippen LogP contribution in [0.25, 0.3) is 11.3 Å². The van der Waals surface area contributed by atoms with Crippen molar-refractivity contribution in [3.63, 3.8) is 0 Å². The topological polar surface area (TPSA) is 92.0 Å². The molecule has 1 aromatic carbocycles. The fourth-order valence-corrected chi connectivity index (χ4v) is 2.03. The van der Waals surface area contributed by atoms with E-state index < -0.39 is 5.97 Å². The van der Waals surface area contributed by atoms with Gasteiger partial charge in [-0.15, -0.1) is 0 Å². The highest BCUT2D eigenvalue weighted by atomic mass is 16.4. The molecule has 19 heavy (non-hydrogen) atoms. The zero-order valence-electron chi connectivity index (χ0n) is 11.0. The van der Waals surface area contributed by atoms with Crippen LogP contribution in [0.5, 0.6) is 0 Å². The molecule has 0 saturated heterocycles. The smallest absolute Gasteiger partial charge is 0.354 e. The van der Waals surface area contributed by atoms with Gasteiger partial charge in [0.25, 0.3) is 0 Å². The highest BCUT2D eigenvalue weighted by Crippen LogP contribution is 2.23. The summed E-state index contributed by atoms with van der Waals surface area (Å²) in [5.74, 6) is -0.370. The monoisotopic (exact) mass is 259 g/mol. The van der Waals surface area contributed by atoms with Crippen molar-refractivity contribution in [2.45, 2.75) is 20.3 Å². The second-order valence-corrected chi connectivity index (χ2v) is 4.95. The molecule has 2 aromatic rings. The highest BCUT2D eigenvalue weighted by Gasteiger charge is 2.16. The molecular weight excluding hydrogens is 242 g/mol. The van der Waals surface area contributed by atoms with Gasteiger partial charge in [-0.05, 0) is 17.9 Å². The van der Waals surface area contributed by atoms with Gasteiger partial charge in [-0.2, -0.15) is 0 Å². The molecule has 0 aliphatic heterocycles. The summed E-state index contributed by atoms with van der Waals surface area (Å²) in [4.78, 5) is 17.7. The number of rotatable bonds is 4. The number of hydrogen-bond acceptors (Lipinski definition) is 3. The van der Waals surface area contributed by atoms with Gasteiger partial charge in [-0.25, -0.2) is 9.78 Å². The molecule has 0 bridgehead atoms. The van der Waals surface area contributed by atoms with Crippen LogP contribution in [-0.2, 0) is 6.42 Å². The van der Waals surface area contributed by atoms with Gasteiger partial charge < -0.3 is 15.8 Å². The lowest BCUT2D eigenvalue weighted by molar-refractivity contribution is 0.0692. The van der Waals surface area contributed by atoms with Crippen LogP contribution < -0.4 is 5.73 Å². The quantitative estimate of drug-likeness (QED) is 0.786. The molecule has 1 aromatic heterocycles. The van der Waals surface area contributed by atoms with Crippen molar-refractivity contribution in [2.75, 3.05) is 5.73 Å². The Bertz CT molecular complexity index is 585. The minimum absolute atomic E-state index is 0.0223. The number of nitrogens with one attached hydrogen (secondary N) is 1. The van der Waals surface area contributed by atoms with Gasteiger partial charge in [0.05, 0.1) is 0 Å². The van der Waals surface area contributed by atoms with E-state index in [1.165, 1.54) is 5.56 Å². The summed E-state index contributed by atoms with van der Waals surface area (Å²) >= 11 is 0. The number of aromatic amines is 1. The first kappa shape index (κ1) is 13.1. The van der Waals surface area contributed by atoms with Crippen LogP contribution >= 0.6 is 0 Å². The molecule has 0 atom stereocenters. The second kappa shape index (κ2) is 5.14. The Morgan fingerprint density at radius 1 is 1.37 bits per heavy atom. The van der Waals surface area contributed by atoms with E-state index >= 15 is 0 Å². The summed E-state index contributed by atoms with van der Waals surface area (Å²) in [6, 6.07) is 7.73. The number of hydrogen-bond donors (Lipinski definition) is 3. The number of carboxylic acid groups (broad SMARTS) is 1. The maximum atomic E-state index is 11.1. The molecule has 0 spiro atoms. The molecule has 2 rings (SSSR count). The largest absolute Gasteiger partial charge is 0.477 e. The van der Waals surface area contributed by atoms with Crippen LogP contribution in [0, 0.1) is 5.92 Å². The van der Waals surface area contributed by atoms with E-state index in [9.17, 15) is 4.79 Å². The zero-order chi connectivity index (χ0) is 14.0. The number of benzene rings is 1. The SMILES string of the molecule is CC(C)Cc1ccc(-c2nc(N)[nH]c2C(=O)O)cc1. The molecular formula is C14H17N3O2. The molecule has 100 valence electrons. The van der Waals surface area contributed by atoms with Crippen LogP contribution in [0.4, 0.5) is 5.95 Å². The number of carbonyl (C=O) groups is 1. The summed E-state index contributed by atoms with van der Waals surface area (Å²) in [7, 11) is 0. The Hall–Kier alpha value is -2.30. The van der Waals surface area contributed by atoms with E-state index in [0.717, 1.165) is 12.0 Å². The summed E-state index contributed by atoms with van der Waals surface area (Å²) in [6.07, 6.45) is 0.995. The fraction of sp³-hybridized carbons (Fsp3) is 0.286. The van der Waals surface area contributed by atoms with E-state index in [0.29, 0.717) is 11.6 Å². The Morgan fingerprint density at radius 3 is 2.53 bits per heavy atom. The predicted molar refractivity (Wildman–Crippen MR) is 73.9 cm³/mol. The van der Waals surface area contributed by atoms with Gasteiger partial charge in [0, 0.05) is 5.56 Å². The van der Waals surface area contributed by atoms with E-state index in [1.807, 2.05) is 24.3 Å². The van der Waals surface area contributed by atoms with Crippen molar-refractivity contribution in [2.24, 2.45) is 5.92 Å². The number of nitrogens with two attached hydrogens (primary N) is 1. The number of imidazole rings is 1. The van der Waals surface area contributed by atoms with Crippen molar-refractivity contribution in [3.8, 4) is 11.3 Å². The van der Waals surface area contributed by atoms with E-state index in [2.05, 4.69) is 23.8 Å². The van der Waals surface area contributed by atoms with E-state index in [-0.39, 0.29) is 11.6 Å². The molecule has 0 radical (unpaired) electrons. The third-order valence-corrected chi connectivity index (χ3v) is 2.81. The molecule has 1 heterocycles. The first-order valence-corrected chi connectivity index (χ1v) is 6.15. The van der Waals surface area contributed by atoms with Crippen LogP contribution in [0.15, 0.2) is 24.3 Å². The summed E-state index contributed by atoms with van der Waals surface area (Å²) in [5, 5.41) is 9.09. The third-order valence-electron chi connectivity index (χ3n) is 2.81. The van der Waals surface area contributed by atoms with Gasteiger partial charge in [0.2, 0.25) is 0 Å². The Kier molecular flexibility index (Phi) is 3.55. The normalized spacial score (nSPS) is 10.9. The summed E-state index contributed by atoms with van der Waals surface area (Å²) in [6.45, 7) is 4.32. The fourth-order valence-electron chi connectivity index (χ4n) is 2.03. The first-order chi connectivity index (χ1) is 8.97. The minimum atomic E-state index is -1.06. The average molecular weight is 259 g/mol. The second-order valence-electron chi connectivity index (χ2n) is 4.95. The maximum absolute atomic E-state index is 11.1. The number of aromatic nitrogens is 2. The summed E-state index contributed by atoms with van der Waals surface area (Å²) in [5.41, 5.74) is 7.89. The molecule has 4 N–H and O–H groups in total. The number of H-pyrrole nitrogens is 1. The Balaban J connectivity index is 2.34. The lowest BCUT2D eigenvalue weighted by Crippen LogP contribution is -1.99. The van der Waals surface area contributed by atoms with Crippen molar-refractivity contribution < 1.29 is 9.90 Å². The van der Waals surface area contributed by atoms with Crippen LogP contribution in [0.1, 0.15) is 29.9 Å². The van der Waals surface area contributed by atoms with Gasteiger partial charge in [0.1, 0.15) is 5.69 Å². The Labute approximate surface area is 111 Å². The van der Waals surface area contributed by atoms with Gasteiger partial charge in [-0.1, -0.05) is 38.1 Å². The number of nitrogen functional groups attached to an aromatic ring is 1. The molecule has 0 saturated carbocycles. The number of carboxylic acids is 1. The van der Waals surface area contributed by atoms with Crippen molar-refractivity contribution in [1.82, 2.24) is 9.97 Å². The summed E-state index contributed by atoms with van der Waals surface area (Å²) < 4.78 is 0. The molecule has 0 aliphatic rings. The average Bonchev–Trinajstić information content (AvgIpc) is 2.72. The van der Waals surface area contributed by atoms with Gasteiger partial charge >= 0.3 is 5.97 Å². The van der Waals surface area contributed by atoms with Gasteiger partial charge in [0.15, 0.2) is 11.6 Å². The predicted octanol–water partition coefficient (Wildman–Crippen LogP) is 2.56. The number of nitrogens with zero attached hydrogens (tertiary/aromatic N) is 1. The zero-order valence-corrected chi connectivity index (χ0v) is 11.0. The molecule has 5 heteroatoms. The van der Waals surface area contributed by atoms with E-state index in [4.69, 9.17) is 10.8 Å². The molecule has 0 aliphatic carbocycles. The van der Waals surface area contributed by atoms with Gasteiger partial charge in [-0.3, -0.25) is 0 Å². The minimum Gasteiger partial charge on any atom is -0.477 e. The number of anilines is 1. The van der Waals surface area contributed by atoms with Crippen molar-refractivity contribution >= 4 is 11.9 Å². The molecule has 0 fully saturated rings. The van der Waals surface area contributed by atoms with Crippen LogP contribution in [0.2, 0.25) is 0 Å². The Morgan fingerprint density at radius 2 is 2.00 bits per heavy atom. The molecule has 0 unspecified atom stereocenters. The molecule has 5 nitrogen and oxygen atoms in total. The van der Waals surface area contributed by atoms with E-state index in [1.54, 1.807) is 0 Å². The lowest BCUT2D eigenvalue weighted by atomic mass is 10.0. The maximum Gasteiger partial charge on any atom is 0.354 e. The van der Waals surface area contributed by atoms with Crippen molar-refractivity contribution in [3.05, 3.63) is 35.5 Å². The number of aromatic carboxylic acids is 1. The standard InChI is InChI=1S/C14H17N3O2/c1-8(2)7-9-3-5-10(6-4-9)11-12(13(18)19)17-14(15)16-11/h3-6,8H,7H2,1-2H3,(H,18,19)(H3,15,16,17). The first-order valence-electron chi connectivity index (χ1n) is 6.15. The highest BCUT2D eigenvalue weighted by molar-refractivity contribution is 5.93. The van der Waals surface area contributed by atoms with Crippen LogP contribution in [0.3, 0.4) is 0 Å². The lowest BCUT2D eigenvalue weighted by Gasteiger charge is -2.05. The van der Waals surface area contributed by atoms with Crippen LogP contribution in [-0.4, -0.2) is 21.0 Å². The molecule has 0 amide bonds.